The van der Waals surface area contributed by atoms with E-state index in [1.54, 1.807) is 55.6 Å². The Balaban J connectivity index is 0.000000239. The monoisotopic (exact) mass is 1830 g/mol. The van der Waals surface area contributed by atoms with Crippen LogP contribution in [0.5, 0.6) is 46.0 Å². The second-order valence-electron chi connectivity index (χ2n) is 41.9. The van der Waals surface area contributed by atoms with Crippen LogP contribution in [0.15, 0.2) is 194 Å². The molecular formula is C121H184O12. The summed E-state index contributed by atoms with van der Waals surface area (Å²) in [4.78, 5) is 0. The summed E-state index contributed by atoms with van der Waals surface area (Å²) in [6.07, 6.45) is 32.7. The summed E-state index contributed by atoms with van der Waals surface area (Å²) >= 11 is 0. The van der Waals surface area contributed by atoms with E-state index in [2.05, 4.69) is 244 Å². The van der Waals surface area contributed by atoms with Crippen molar-refractivity contribution in [2.24, 2.45) is 39.9 Å². The number of aromatic hydroxyl groups is 4. The largest absolute Gasteiger partial charge is 0.508 e. The van der Waals surface area contributed by atoms with Crippen LogP contribution in [-0.2, 0) is 18.9 Å². The number of methoxy groups -OCH3 is 1. The molecule has 0 amide bonds. The van der Waals surface area contributed by atoms with Gasteiger partial charge < -0.3 is 58.3 Å². The van der Waals surface area contributed by atoms with E-state index in [1.165, 1.54) is 167 Å². The summed E-state index contributed by atoms with van der Waals surface area (Å²) in [5.41, 5.74) is 11.1. The second-order valence-corrected chi connectivity index (χ2v) is 41.9. The first kappa shape index (κ1) is 114. The first-order valence-corrected chi connectivity index (χ1v) is 52.1. The van der Waals surface area contributed by atoms with Gasteiger partial charge in [-0.25, -0.2) is 0 Å². The van der Waals surface area contributed by atoms with Crippen molar-refractivity contribution in [3.05, 3.63) is 239 Å². The summed E-state index contributed by atoms with van der Waals surface area (Å²) in [6.45, 7) is 54.1. The highest BCUT2D eigenvalue weighted by Gasteiger charge is 2.56. The van der Waals surface area contributed by atoms with Crippen LogP contribution in [-0.4, -0.2) is 72.0 Å². The zero-order valence-electron chi connectivity index (χ0n) is 87.6. The van der Waals surface area contributed by atoms with Crippen molar-refractivity contribution in [2.75, 3.05) is 20.3 Å². The van der Waals surface area contributed by atoms with E-state index in [4.69, 9.17) is 58.3 Å². The topological polar surface area (TPSA) is 155 Å². The lowest BCUT2D eigenvalue weighted by molar-refractivity contribution is -0.213. The number of benzene rings is 8. The molecule has 0 aliphatic heterocycles. The van der Waals surface area contributed by atoms with Gasteiger partial charge in [0.05, 0.1) is 12.7 Å². The van der Waals surface area contributed by atoms with Crippen molar-refractivity contribution >= 4 is 0 Å². The lowest BCUT2D eigenvalue weighted by atomic mass is 9.49. The Hall–Kier alpha value is -8.00. The lowest BCUT2D eigenvalue weighted by Crippen LogP contribution is -2.54. The Morgan fingerprint density at radius 2 is 0.602 bits per heavy atom. The van der Waals surface area contributed by atoms with Crippen molar-refractivity contribution in [3.8, 4) is 46.0 Å². The zero-order valence-corrected chi connectivity index (χ0v) is 87.6. The van der Waals surface area contributed by atoms with E-state index in [1.807, 2.05) is 67.6 Å². The summed E-state index contributed by atoms with van der Waals surface area (Å²) in [5, 5.41) is 36.0. The Morgan fingerprint density at radius 1 is 0.331 bits per heavy atom. The predicted octanol–water partition coefficient (Wildman–Crippen LogP) is 35.0. The van der Waals surface area contributed by atoms with E-state index in [9.17, 15) is 0 Å². The summed E-state index contributed by atoms with van der Waals surface area (Å²) < 4.78 is 48.2. The van der Waals surface area contributed by atoms with Gasteiger partial charge >= 0.3 is 0 Å². The molecule has 0 heterocycles. The molecule has 6 aliphatic carbocycles. The molecule has 0 saturated heterocycles. The van der Waals surface area contributed by atoms with E-state index >= 15 is 0 Å². The molecule has 0 spiro atoms. The van der Waals surface area contributed by atoms with Crippen LogP contribution in [0.2, 0.25) is 0 Å². The van der Waals surface area contributed by atoms with Gasteiger partial charge in [-0.3, -0.25) is 0 Å². The van der Waals surface area contributed by atoms with Gasteiger partial charge in [-0.1, -0.05) is 301 Å². The Kier molecular flexibility index (Phi) is 51.2. The first-order valence-electron chi connectivity index (χ1n) is 52.1. The number of hydrogen-bond donors (Lipinski definition) is 4. The molecule has 12 unspecified atom stereocenters. The molecule has 8 aromatic rings. The molecule has 12 nitrogen and oxygen atoms in total. The number of hydrogen-bond acceptors (Lipinski definition) is 12. The maximum atomic E-state index is 9.01. The van der Waals surface area contributed by atoms with Gasteiger partial charge in [0.2, 0.25) is 18.9 Å². The second kappa shape index (κ2) is 59.9. The standard InChI is InChI=1S/C23H34O2.C22H36O2.C20H32O2.C16H26O2.4C10H14O/c1-4-16(3)20-6-8-21(9-7-20)25-22(24-5-2)23-13-17-10-18(14-23)12-19(11-17)15-23;1-6-17(2)18-12-14-20(15-13-18)24-21(16-22(3,4)5)23-19-10-8-7-9-11-19;1-4-16(2)19-10-12-20(13-11-19)22-17(3)21-15-14-18-8-6-5-7-9-18;1-7-12(2)13-8-10-14(11-9-13)18-15(17-6)16(3,4)5;4*1-3-8(2)9-4-6-10(11)7-5-9/h6-9,16-19,22H,4-5,10-15H2,1-3H3;12-15,17,19,21H,6-11,16H2,1-5H3;10-13,16-18H,4-9,14-15H2,1-3H3;8-12,15H,7H2,1-6H3;4*4-8,11H,3H2,1-2H3. The minimum Gasteiger partial charge on any atom is -0.508 e. The quantitative estimate of drug-likeness (QED) is 0.0280. The highest BCUT2D eigenvalue weighted by Crippen LogP contribution is 2.62. The van der Waals surface area contributed by atoms with Crippen molar-refractivity contribution in [1.29, 1.82) is 0 Å². The molecule has 8 aromatic carbocycles. The average Bonchev–Trinajstić information content (AvgIpc) is 0.736. The predicted molar refractivity (Wildman–Crippen MR) is 559 cm³/mol. The molecule has 6 aliphatic rings. The fourth-order valence-electron chi connectivity index (χ4n) is 18.7. The van der Waals surface area contributed by atoms with Gasteiger partial charge in [-0.05, 0) is 341 Å². The number of ether oxygens (including phenoxy) is 8. The van der Waals surface area contributed by atoms with Crippen LogP contribution >= 0.6 is 0 Å². The Labute approximate surface area is 810 Å². The molecular weight excluding hydrogens is 1650 g/mol. The van der Waals surface area contributed by atoms with Gasteiger partial charge in [-0.2, -0.15) is 0 Å². The van der Waals surface area contributed by atoms with Crippen LogP contribution in [0.3, 0.4) is 0 Å². The third kappa shape index (κ3) is 41.5. The number of phenols is 4. The minimum absolute atomic E-state index is 0.0376. The van der Waals surface area contributed by atoms with E-state index in [-0.39, 0.29) is 41.4 Å². The fourth-order valence-corrected chi connectivity index (χ4v) is 18.7. The Bertz CT molecular complexity index is 4050. The van der Waals surface area contributed by atoms with E-state index < -0.39 is 0 Å². The molecule has 6 saturated carbocycles. The minimum atomic E-state index is -0.230. The third-order valence-corrected chi connectivity index (χ3v) is 28.7. The molecule has 4 N–H and O–H groups in total. The third-order valence-electron chi connectivity index (χ3n) is 28.7. The average molecular weight is 1830 g/mol. The van der Waals surface area contributed by atoms with Gasteiger partial charge in [-0.15, -0.1) is 0 Å². The smallest absolute Gasteiger partial charge is 0.205 e. The molecule has 6 fully saturated rings. The molecule has 0 radical (unpaired) electrons. The highest BCUT2D eigenvalue weighted by molar-refractivity contribution is 5.35. The maximum absolute atomic E-state index is 9.01. The SMILES string of the molecule is CCC(C)c1ccc(O)cc1.CCC(C)c1ccc(O)cc1.CCC(C)c1ccc(O)cc1.CCC(C)c1ccc(O)cc1.CCC(C)c1ccc(OC(C)OCCC2CCCCC2)cc1.CCC(C)c1ccc(OC(CC(C)(C)C)OC2CCCCC2)cc1.CCC(C)c1ccc(OC(OC)C(C)(C)C)cc1.CCOC(Oc1ccc(C(C)CC)cc1)C12CC3CC(CC(C3)C1)C2. The molecule has 133 heavy (non-hydrogen) atoms. The van der Waals surface area contributed by atoms with Crippen LogP contribution in [0.4, 0.5) is 0 Å². The van der Waals surface area contributed by atoms with Crippen molar-refractivity contribution in [2.45, 2.75) is 412 Å². The van der Waals surface area contributed by atoms with Gasteiger partial charge in [0, 0.05) is 31.0 Å². The molecule has 0 aromatic heterocycles. The van der Waals surface area contributed by atoms with Crippen LogP contribution in [0.25, 0.3) is 0 Å². The highest BCUT2D eigenvalue weighted by atomic mass is 16.7. The summed E-state index contributed by atoms with van der Waals surface area (Å²) in [5.74, 6) is 13.5. The lowest BCUT2D eigenvalue weighted by Gasteiger charge is -2.58. The molecule has 12 atom stereocenters. The molecule has 12 heteroatoms. The molecule has 740 valence electrons. The van der Waals surface area contributed by atoms with E-state index in [0.717, 1.165) is 105 Å². The van der Waals surface area contributed by atoms with Crippen LogP contribution < -0.4 is 18.9 Å². The zero-order chi connectivity index (χ0) is 97.6. The van der Waals surface area contributed by atoms with Crippen molar-refractivity contribution in [3.63, 3.8) is 0 Å². The Morgan fingerprint density at radius 3 is 0.872 bits per heavy atom. The van der Waals surface area contributed by atoms with Crippen molar-refractivity contribution in [1.82, 2.24) is 0 Å². The van der Waals surface area contributed by atoms with Crippen molar-refractivity contribution < 1.29 is 58.3 Å². The van der Waals surface area contributed by atoms with Gasteiger partial charge in [0.1, 0.15) is 46.0 Å². The first-order chi connectivity index (χ1) is 63.5. The fraction of sp³-hybridized carbons (Fsp3) is 0.603. The number of phenolic OH excluding ortho intramolecular Hbond substituents is 4. The maximum Gasteiger partial charge on any atom is 0.205 e. The van der Waals surface area contributed by atoms with E-state index in [0.29, 0.717) is 76.4 Å². The molecule has 4 bridgehead atoms. The van der Waals surface area contributed by atoms with Crippen LogP contribution in [0.1, 0.15) is 425 Å². The van der Waals surface area contributed by atoms with Crippen LogP contribution in [0, 0.1) is 39.9 Å². The van der Waals surface area contributed by atoms with Gasteiger partial charge in [0.15, 0.2) is 6.29 Å². The van der Waals surface area contributed by atoms with Gasteiger partial charge in [0.25, 0.3) is 0 Å². The molecule has 14 rings (SSSR count). The summed E-state index contributed by atoms with van der Waals surface area (Å²) in [6, 6.07) is 63.8. The summed E-state index contributed by atoms with van der Waals surface area (Å²) in [7, 11) is 1.68. The number of rotatable bonds is 35. The normalized spacial score (nSPS) is 19.6.